The van der Waals surface area contributed by atoms with Crippen molar-refractivity contribution in [3.05, 3.63) is 29.8 Å². The van der Waals surface area contributed by atoms with Crippen molar-refractivity contribution >= 4 is 11.9 Å². The topological polar surface area (TPSA) is 79.5 Å². The molecule has 21 heavy (non-hydrogen) atoms. The van der Waals surface area contributed by atoms with Crippen LogP contribution in [0.4, 0.5) is 4.79 Å². The Kier molecular flexibility index (Phi) is 5.43. The summed E-state index contributed by atoms with van der Waals surface area (Å²) in [7, 11) is 0. The first-order chi connectivity index (χ1) is 10.1. The highest BCUT2D eigenvalue weighted by atomic mass is 16.5. The number of hydrogen-bond donors (Lipinski definition) is 3. The van der Waals surface area contributed by atoms with Crippen molar-refractivity contribution in [3.63, 3.8) is 0 Å². The van der Waals surface area contributed by atoms with Crippen LogP contribution in [0, 0.1) is 0 Å². The van der Waals surface area contributed by atoms with Gasteiger partial charge < -0.3 is 20.7 Å². The van der Waals surface area contributed by atoms with Crippen LogP contribution >= 0.6 is 0 Å². The summed E-state index contributed by atoms with van der Waals surface area (Å²) in [4.78, 5) is 22.3. The standard InChI is InChI=1S/C15H21N3O3/c1-11(19)16-7-4-8-17-15(20)18-10-13-9-12-5-2-3-6-14(12)21-13/h2-3,5-6,13H,4,7-10H2,1H3,(H,16,19)(H2,17,18,20)/t13-/m1/s1. The maximum atomic E-state index is 11.6. The van der Waals surface area contributed by atoms with E-state index in [0.29, 0.717) is 26.1 Å². The number of urea groups is 1. The first-order valence-electron chi connectivity index (χ1n) is 7.16. The van der Waals surface area contributed by atoms with E-state index >= 15 is 0 Å². The Morgan fingerprint density at radius 3 is 2.71 bits per heavy atom. The average molecular weight is 291 g/mol. The van der Waals surface area contributed by atoms with Crippen LogP contribution in [0.3, 0.4) is 0 Å². The number of fused-ring (bicyclic) bond motifs is 1. The molecule has 0 saturated carbocycles. The number of ether oxygens (including phenoxy) is 1. The van der Waals surface area contributed by atoms with Crippen molar-refractivity contribution in [2.75, 3.05) is 19.6 Å². The first-order valence-corrected chi connectivity index (χ1v) is 7.16. The molecule has 0 unspecified atom stereocenters. The van der Waals surface area contributed by atoms with Gasteiger partial charge in [0.15, 0.2) is 0 Å². The number of benzene rings is 1. The van der Waals surface area contributed by atoms with Gasteiger partial charge in [0.05, 0.1) is 6.54 Å². The predicted molar refractivity (Wildman–Crippen MR) is 79.3 cm³/mol. The Balaban J connectivity index is 1.57. The Morgan fingerprint density at radius 2 is 1.95 bits per heavy atom. The summed E-state index contributed by atoms with van der Waals surface area (Å²) in [6.45, 7) is 3.04. The number of rotatable bonds is 6. The van der Waals surface area contributed by atoms with Crippen molar-refractivity contribution in [2.45, 2.75) is 25.9 Å². The summed E-state index contributed by atoms with van der Waals surface area (Å²) < 4.78 is 5.74. The third kappa shape index (κ3) is 4.98. The van der Waals surface area contributed by atoms with Crippen LogP contribution in [-0.4, -0.2) is 37.7 Å². The van der Waals surface area contributed by atoms with E-state index in [4.69, 9.17) is 4.74 Å². The minimum atomic E-state index is -0.211. The normalized spacial score (nSPS) is 15.8. The fourth-order valence-electron chi connectivity index (χ4n) is 2.19. The molecule has 0 fully saturated rings. The van der Waals surface area contributed by atoms with Crippen molar-refractivity contribution < 1.29 is 14.3 Å². The molecule has 3 amide bonds. The Morgan fingerprint density at radius 1 is 1.19 bits per heavy atom. The summed E-state index contributed by atoms with van der Waals surface area (Å²) in [5, 5.41) is 8.22. The number of hydrogen-bond acceptors (Lipinski definition) is 3. The fourth-order valence-corrected chi connectivity index (χ4v) is 2.19. The lowest BCUT2D eigenvalue weighted by Gasteiger charge is -2.12. The highest BCUT2D eigenvalue weighted by Crippen LogP contribution is 2.27. The molecule has 0 radical (unpaired) electrons. The quantitative estimate of drug-likeness (QED) is 0.679. The van der Waals surface area contributed by atoms with Gasteiger partial charge in [-0.1, -0.05) is 18.2 Å². The highest BCUT2D eigenvalue weighted by molar-refractivity contribution is 5.74. The summed E-state index contributed by atoms with van der Waals surface area (Å²) in [6.07, 6.45) is 1.52. The lowest BCUT2D eigenvalue weighted by Crippen LogP contribution is -2.41. The zero-order valence-corrected chi connectivity index (χ0v) is 12.1. The molecule has 0 aromatic heterocycles. The van der Waals surface area contributed by atoms with Gasteiger partial charge in [0.2, 0.25) is 5.91 Å². The van der Waals surface area contributed by atoms with Crippen LogP contribution in [-0.2, 0) is 11.2 Å². The van der Waals surface area contributed by atoms with E-state index in [1.54, 1.807) is 0 Å². The molecular formula is C15H21N3O3. The monoisotopic (exact) mass is 291 g/mol. The van der Waals surface area contributed by atoms with Crippen molar-refractivity contribution in [1.29, 1.82) is 0 Å². The van der Waals surface area contributed by atoms with Gasteiger partial charge in [0.1, 0.15) is 11.9 Å². The molecule has 1 aliphatic rings. The molecule has 1 atom stereocenters. The van der Waals surface area contributed by atoms with E-state index in [1.807, 2.05) is 24.3 Å². The second-order valence-electron chi connectivity index (χ2n) is 5.03. The molecule has 1 aliphatic heterocycles. The molecule has 1 aromatic carbocycles. The van der Waals surface area contributed by atoms with Crippen molar-refractivity contribution in [2.24, 2.45) is 0 Å². The predicted octanol–water partition coefficient (Wildman–Crippen LogP) is 0.815. The third-order valence-electron chi connectivity index (χ3n) is 3.22. The molecule has 114 valence electrons. The molecule has 0 saturated heterocycles. The van der Waals surface area contributed by atoms with Gasteiger partial charge in [-0.3, -0.25) is 4.79 Å². The number of amides is 3. The molecule has 3 N–H and O–H groups in total. The Bertz CT molecular complexity index is 480. The fraction of sp³-hybridized carbons (Fsp3) is 0.467. The SMILES string of the molecule is CC(=O)NCCCNC(=O)NC[C@H]1Cc2ccccc2O1. The number of carbonyl (C=O) groups is 2. The summed E-state index contributed by atoms with van der Waals surface area (Å²) in [6, 6.07) is 7.70. The summed E-state index contributed by atoms with van der Waals surface area (Å²) in [5.41, 5.74) is 1.18. The van der Waals surface area contributed by atoms with E-state index in [-0.39, 0.29) is 18.0 Å². The van der Waals surface area contributed by atoms with E-state index in [9.17, 15) is 9.59 Å². The molecule has 0 spiro atoms. The van der Waals surface area contributed by atoms with Gasteiger partial charge in [-0.25, -0.2) is 4.79 Å². The first kappa shape index (κ1) is 15.2. The van der Waals surface area contributed by atoms with Crippen molar-refractivity contribution in [1.82, 2.24) is 16.0 Å². The second-order valence-corrected chi connectivity index (χ2v) is 5.03. The smallest absolute Gasteiger partial charge is 0.314 e. The third-order valence-corrected chi connectivity index (χ3v) is 3.22. The maximum absolute atomic E-state index is 11.6. The zero-order chi connectivity index (χ0) is 15.1. The molecule has 6 heteroatoms. The van der Waals surface area contributed by atoms with E-state index in [0.717, 1.165) is 12.2 Å². The molecule has 0 bridgehead atoms. The second kappa shape index (κ2) is 7.52. The molecule has 2 rings (SSSR count). The Labute approximate surface area is 124 Å². The molecular weight excluding hydrogens is 270 g/mol. The van der Waals surface area contributed by atoms with Gasteiger partial charge in [-0.2, -0.15) is 0 Å². The lowest BCUT2D eigenvalue weighted by atomic mass is 10.1. The van der Waals surface area contributed by atoms with Crippen LogP contribution in [0.1, 0.15) is 18.9 Å². The number of nitrogens with one attached hydrogen (secondary N) is 3. The van der Waals surface area contributed by atoms with E-state index < -0.39 is 0 Å². The minimum Gasteiger partial charge on any atom is -0.488 e. The van der Waals surface area contributed by atoms with Gasteiger partial charge in [0, 0.05) is 26.4 Å². The molecule has 0 aliphatic carbocycles. The largest absolute Gasteiger partial charge is 0.488 e. The number of carbonyl (C=O) groups excluding carboxylic acids is 2. The Hall–Kier alpha value is -2.24. The highest BCUT2D eigenvalue weighted by Gasteiger charge is 2.22. The van der Waals surface area contributed by atoms with E-state index in [1.165, 1.54) is 12.5 Å². The lowest BCUT2D eigenvalue weighted by molar-refractivity contribution is -0.118. The zero-order valence-electron chi connectivity index (χ0n) is 12.1. The molecule has 1 heterocycles. The van der Waals surface area contributed by atoms with Crippen molar-refractivity contribution in [3.8, 4) is 5.75 Å². The van der Waals surface area contributed by atoms with Gasteiger partial charge >= 0.3 is 6.03 Å². The average Bonchev–Trinajstić information content (AvgIpc) is 2.87. The van der Waals surface area contributed by atoms with Gasteiger partial charge in [0.25, 0.3) is 0 Å². The van der Waals surface area contributed by atoms with E-state index in [2.05, 4.69) is 16.0 Å². The van der Waals surface area contributed by atoms with Gasteiger partial charge in [-0.05, 0) is 18.1 Å². The number of para-hydroxylation sites is 1. The van der Waals surface area contributed by atoms with Gasteiger partial charge in [-0.15, -0.1) is 0 Å². The van der Waals surface area contributed by atoms with Crippen LogP contribution in [0.5, 0.6) is 5.75 Å². The van der Waals surface area contributed by atoms with Crippen LogP contribution in [0.25, 0.3) is 0 Å². The van der Waals surface area contributed by atoms with Crippen LogP contribution < -0.4 is 20.7 Å². The summed E-state index contributed by atoms with van der Waals surface area (Å²) >= 11 is 0. The molecule has 1 aromatic rings. The van der Waals surface area contributed by atoms with Crippen LogP contribution in [0.2, 0.25) is 0 Å². The minimum absolute atomic E-state index is 0.00692. The molecule has 6 nitrogen and oxygen atoms in total. The van der Waals surface area contributed by atoms with Crippen LogP contribution in [0.15, 0.2) is 24.3 Å². The maximum Gasteiger partial charge on any atom is 0.314 e. The summed E-state index contributed by atoms with van der Waals surface area (Å²) in [5.74, 6) is 0.845.